The molecular weight excluding hydrogens is 535 g/mol. The number of rotatable bonds is 16. The molecule has 1 rings (SSSR count). The van der Waals surface area contributed by atoms with Gasteiger partial charge in [-0.05, 0) is 89.7 Å². The molecule has 1 aliphatic rings. The highest BCUT2D eigenvalue weighted by molar-refractivity contribution is 6.03. The second kappa shape index (κ2) is 20.7. The summed E-state index contributed by atoms with van der Waals surface area (Å²) in [6.45, 7) is 7.59. The molecule has 1 amide bonds. The molecule has 0 aromatic rings. The minimum atomic E-state index is -1.40. The molecule has 0 aromatic carbocycles. The molecule has 226 valence electrons. The number of allylic oxidation sites excluding steroid dienone is 11. The quantitative estimate of drug-likeness (QED) is 0.0510. The van der Waals surface area contributed by atoms with Crippen molar-refractivity contribution < 1.29 is 24.2 Å². The van der Waals surface area contributed by atoms with Gasteiger partial charge in [0.2, 0.25) is 6.41 Å². The molecule has 42 heavy (non-hydrogen) atoms. The Kier molecular flexibility index (Phi) is 17.7. The summed E-state index contributed by atoms with van der Waals surface area (Å²) < 4.78 is 12.7. The smallest absolute Gasteiger partial charge is 0.219 e. The third-order valence-electron chi connectivity index (χ3n) is 6.36. The van der Waals surface area contributed by atoms with E-state index < -0.39 is 11.9 Å². The average molecular weight is 579 g/mol. The molecule has 0 aliphatic carbocycles. The van der Waals surface area contributed by atoms with Crippen LogP contribution in [0, 0.1) is 11.3 Å². The number of halogens is 1. The van der Waals surface area contributed by atoms with Gasteiger partial charge in [-0.3, -0.25) is 9.69 Å². The SMILES string of the molecule is C\C=C/C(=C\C=C\F)N(C=O)C(CCCCC(O)O)=N/C=C/C(=C\C=C\C)C1=NOC(C)(C(/C=C\CC#N)=C/C)CC1. The standard InChI is InChI=1S/C33H43FN4O4/c1-5-8-15-27(30-20-22-33(4,42-37-30)28(7-3)16-11-12-24-35)21-25-36-31(18-9-10-19-32(40)41)38(26-39)29(14-6-2)17-13-23-34/h5-8,11,13-17,21,23,25-26,32,40-41H,9-10,12,18-20,22H2,1-4H3/b8-5+,14-6-,16-11-,23-13+,25-21+,27-15+,28-7+,29-17+,36-31?. The van der Waals surface area contributed by atoms with Crippen molar-refractivity contribution in [3.63, 3.8) is 0 Å². The summed E-state index contributed by atoms with van der Waals surface area (Å²) in [6.07, 6.45) is 23.6. The van der Waals surface area contributed by atoms with Crippen LogP contribution in [-0.4, -0.2) is 45.0 Å². The van der Waals surface area contributed by atoms with Crippen LogP contribution in [-0.2, 0) is 9.63 Å². The Morgan fingerprint density at radius 3 is 2.55 bits per heavy atom. The van der Waals surface area contributed by atoms with E-state index in [2.05, 4.69) is 16.2 Å². The van der Waals surface area contributed by atoms with E-state index in [-0.39, 0.29) is 6.42 Å². The largest absolute Gasteiger partial charge is 0.384 e. The predicted molar refractivity (Wildman–Crippen MR) is 166 cm³/mol. The number of hydrogen-bond donors (Lipinski definition) is 2. The van der Waals surface area contributed by atoms with Crippen molar-refractivity contribution in [2.24, 2.45) is 10.1 Å². The maximum absolute atomic E-state index is 12.7. The number of carbonyl (C=O) groups is 1. The first-order valence-electron chi connectivity index (χ1n) is 14.0. The molecule has 1 aliphatic heterocycles. The Morgan fingerprint density at radius 1 is 1.19 bits per heavy atom. The topological polar surface area (TPSA) is 119 Å². The number of aliphatic imine (C=N–C) groups is 1. The molecule has 0 spiro atoms. The lowest BCUT2D eigenvalue weighted by molar-refractivity contribution is -0.113. The van der Waals surface area contributed by atoms with Crippen molar-refractivity contribution >= 4 is 18.0 Å². The predicted octanol–water partition coefficient (Wildman–Crippen LogP) is 7.02. The van der Waals surface area contributed by atoms with Gasteiger partial charge in [0.25, 0.3) is 0 Å². The molecule has 1 atom stereocenters. The number of nitriles is 1. The summed E-state index contributed by atoms with van der Waals surface area (Å²) in [4.78, 5) is 24.1. The Bertz CT molecular complexity index is 1210. The summed E-state index contributed by atoms with van der Waals surface area (Å²) >= 11 is 0. The minimum Gasteiger partial charge on any atom is -0.384 e. The van der Waals surface area contributed by atoms with Crippen LogP contribution in [0.15, 0.2) is 106 Å². The minimum absolute atomic E-state index is 0.199. The van der Waals surface area contributed by atoms with E-state index >= 15 is 0 Å². The van der Waals surface area contributed by atoms with Gasteiger partial charge in [-0.2, -0.15) is 5.26 Å². The number of nitrogens with zero attached hydrogens (tertiary/aromatic N) is 4. The second-order valence-electron chi connectivity index (χ2n) is 9.49. The second-order valence-corrected chi connectivity index (χ2v) is 9.49. The van der Waals surface area contributed by atoms with Crippen molar-refractivity contribution in [3.8, 4) is 6.07 Å². The van der Waals surface area contributed by atoms with E-state index in [4.69, 9.17) is 10.1 Å². The number of aliphatic hydroxyl groups is 2. The maximum Gasteiger partial charge on any atom is 0.219 e. The Morgan fingerprint density at radius 2 is 1.98 bits per heavy atom. The van der Waals surface area contributed by atoms with Crippen LogP contribution < -0.4 is 0 Å². The fourth-order valence-corrected chi connectivity index (χ4v) is 4.12. The lowest BCUT2D eigenvalue weighted by atomic mass is 9.87. The molecule has 0 aromatic heterocycles. The molecule has 8 nitrogen and oxygen atoms in total. The van der Waals surface area contributed by atoms with Crippen LogP contribution in [0.3, 0.4) is 0 Å². The molecule has 0 radical (unpaired) electrons. The molecule has 0 saturated heterocycles. The first-order chi connectivity index (χ1) is 20.3. The van der Waals surface area contributed by atoms with Crippen LogP contribution in [0.4, 0.5) is 4.39 Å². The average Bonchev–Trinajstić information content (AvgIpc) is 2.98. The summed E-state index contributed by atoms with van der Waals surface area (Å²) in [6, 6.07) is 2.10. The van der Waals surface area contributed by atoms with Gasteiger partial charge >= 0.3 is 0 Å². The molecule has 0 fully saturated rings. The van der Waals surface area contributed by atoms with Gasteiger partial charge in [-0.1, -0.05) is 47.7 Å². The van der Waals surface area contributed by atoms with E-state index in [0.717, 1.165) is 16.9 Å². The summed E-state index contributed by atoms with van der Waals surface area (Å²) in [5, 5.41) is 31.7. The van der Waals surface area contributed by atoms with Crippen LogP contribution >= 0.6 is 0 Å². The molecule has 0 saturated carbocycles. The number of amides is 1. The van der Waals surface area contributed by atoms with Crippen molar-refractivity contribution in [1.82, 2.24) is 4.90 Å². The molecule has 1 heterocycles. The molecule has 9 heteroatoms. The Hall–Kier alpha value is -4.13. The van der Waals surface area contributed by atoms with E-state index in [1.54, 1.807) is 37.4 Å². The van der Waals surface area contributed by atoms with Crippen molar-refractivity contribution in [3.05, 3.63) is 96.2 Å². The molecular formula is C33H43FN4O4. The summed E-state index contributed by atoms with van der Waals surface area (Å²) in [5.74, 6) is 0.409. The van der Waals surface area contributed by atoms with E-state index in [9.17, 15) is 19.4 Å². The first-order valence-corrected chi connectivity index (χ1v) is 14.0. The summed E-state index contributed by atoms with van der Waals surface area (Å²) in [7, 11) is 0. The number of carbonyl (C=O) groups excluding carboxylic acids is 1. The van der Waals surface area contributed by atoms with Crippen molar-refractivity contribution in [1.29, 1.82) is 5.26 Å². The third-order valence-corrected chi connectivity index (χ3v) is 6.36. The van der Waals surface area contributed by atoms with Crippen LogP contribution in [0.5, 0.6) is 0 Å². The van der Waals surface area contributed by atoms with Gasteiger partial charge in [0.05, 0.1) is 24.5 Å². The van der Waals surface area contributed by atoms with Crippen LogP contribution in [0.25, 0.3) is 0 Å². The fourth-order valence-electron chi connectivity index (χ4n) is 4.12. The van der Waals surface area contributed by atoms with Gasteiger partial charge in [0.15, 0.2) is 11.9 Å². The van der Waals surface area contributed by atoms with Crippen molar-refractivity contribution in [2.75, 3.05) is 0 Å². The highest BCUT2D eigenvalue weighted by atomic mass is 19.1. The number of amidine groups is 1. The van der Waals surface area contributed by atoms with E-state index in [1.807, 2.05) is 51.2 Å². The monoisotopic (exact) mass is 578 g/mol. The van der Waals surface area contributed by atoms with Gasteiger partial charge < -0.3 is 15.1 Å². The van der Waals surface area contributed by atoms with Gasteiger partial charge in [0, 0.05) is 23.9 Å². The number of unbranched alkanes of at least 4 members (excludes halogenated alkanes) is 1. The summed E-state index contributed by atoms with van der Waals surface area (Å²) in [5.41, 5.74) is 2.27. The van der Waals surface area contributed by atoms with Gasteiger partial charge in [0.1, 0.15) is 5.84 Å². The Labute approximate surface area is 249 Å². The number of aliphatic hydroxyl groups excluding tert-OH is 1. The van der Waals surface area contributed by atoms with Crippen LogP contribution in [0.1, 0.15) is 72.6 Å². The lowest BCUT2D eigenvalue weighted by Gasteiger charge is -2.32. The highest BCUT2D eigenvalue weighted by Crippen LogP contribution is 2.33. The van der Waals surface area contributed by atoms with Gasteiger partial charge in [-0.25, -0.2) is 9.38 Å². The number of oxime groups is 1. The zero-order valence-corrected chi connectivity index (χ0v) is 25.0. The third kappa shape index (κ3) is 12.6. The van der Waals surface area contributed by atoms with Crippen molar-refractivity contribution in [2.45, 2.75) is 84.5 Å². The zero-order valence-electron chi connectivity index (χ0n) is 25.0. The normalized spacial score (nSPS) is 19.5. The number of hydrogen-bond acceptors (Lipinski definition) is 7. The van der Waals surface area contributed by atoms with E-state index in [1.165, 1.54) is 17.1 Å². The van der Waals surface area contributed by atoms with Crippen LogP contribution in [0.2, 0.25) is 0 Å². The first kappa shape index (κ1) is 35.9. The highest BCUT2D eigenvalue weighted by Gasteiger charge is 2.33. The van der Waals surface area contributed by atoms with E-state index in [0.29, 0.717) is 62.8 Å². The molecule has 0 bridgehead atoms. The molecule has 2 N–H and O–H groups in total. The molecule has 1 unspecified atom stereocenters. The fraction of sp³-hybridized carbons (Fsp3) is 0.394. The Balaban J connectivity index is 3.37. The maximum atomic E-state index is 12.7. The zero-order chi connectivity index (χ0) is 31.2. The lowest BCUT2D eigenvalue weighted by Crippen LogP contribution is -2.33. The van der Waals surface area contributed by atoms with Gasteiger partial charge in [-0.15, -0.1) is 0 Å².